The average Bonchev–Trinajstić information content (AvgIpc) is 2.22. The molecule has 0 amide bonds. The molecule has 15 heavy (non-hydrogen) atoms. The Balaban J connectivity index is 3.52. The monoisotopic (exact) mass is 215 g/mol. The maximum atomic E-state index is 5.40. The first kappa shape index (κ1) is 14.9. The molecule has 1 N–H and O–H groups in total. The first-order valence-electron chi connectivity index (χ1n) is 6.34. The molecule has 0 aliphatic rings. The molecule has 0 saturated carbocycles. The lowest BCUT2D eigenvalue weighted by molar-refractivity contribution is 0.0133. The molecule has 2 nitrogen and oxygen atoms in total. The van der Waals surface area contributed by atoms with Crippen molar-refractivity contribution in [2.75, 3.05) is 13.7 Å². The van der Waals surface area contributed by atoms with Crippen LogP contribution in [-0.2, 0) is 4.74 Å². The van der Waals surface area contributed by atoms with Crippen molar-refractivity contribution in [2.24, 2.45) is 0 Å². The highest BCUT2D eigenvalue weighted by molar-refractivity contribution is 4.69. The molecule has 0 heterocycles. The fourth-order valence-electron chi connectivity index (χ4n) is 1.78. The van der Waals surface area contributed by atoms with Crippen LogP contribution in [0.25, 0.3) is 0 Å². The van der Waals surface area contributed by atoms with E-state index in [4.69, 9.17) is 4.74 Å². The Hall–Kier alpha value is -0.0800. The number of unbranched alkanes of at least 4 members (excludes halogenated alkanes) is 1. The zero-order chi connectivity index (χ0) is 11.7. The second-order valence-electron chi connectivity index (χ2n) is 4.87. The summed E-state index contributed by atoms with van der Waals surface area (Å²) in [7, 11) is 1.80. The third-order valence-corrected chi connectivity index (χ3v) is 3.12. The van der Waals surface area contributed by atoms with E-state index in [-0.39, 0.29) is 5.60 Å². The van der Waals surface area contributed by atoms with Crippen LogP contribution >= 0.6 is 0 Å². The van der Waals surface area contributed by atoms with Crippen LogP contribution in [0.3, 0.4) is 0 Å². The summed E-state index contributed by atoms with van der Waals surface area (Å²) in [6.45, 7) is 9.84. The van der Waals surface area contributed by atoms with Gasteiger partial charge in [-0.1, -0.05) is 26.7 Å². The van der Waals surface area contributed by atoms with Gasteiger partial charge in [0, 0.05) is 13.2 Å². The molecule has 0 radical (unpaired) electrons. The molecule has 92 valence electrons. The maximum Gasteiger partial charge on any atom is 0.0622 e. The molecular weight excluding hydrogens is 186 g/mol. The van der Waals surface area contributed by atoms with Crippen LogP contribution < -0.4 is 5.32 Å². The van der Waals surface area contributed by atoms with Gasteiger partial charge in [-0.2, -0.15) is 0 Å². The number of nitrogens with one attached hydrogen (secondary N) is 1. The van der Waals surface area contributed by atoms with Crippen molar-refractivity contribution in [2.45, 2.75) is 71.4 Å². The zero-order valence-corrected chi connectivity index (χ0v) is 11.2. The Kier molecular flexibility index (Phi) is 8.07. The number of hydrogen-bond donors (Lipinski definition) is 1. The van der Waals surface area contributed by atoms with E-state index < -0.39 is 0 Å². The van der Waals surface area contributed by atoms with E-state index in [1.54, 1.807) is 7.11 Å². The van der Waals surface area contributed by atoms with Crippen LogP contribution in [0.2, 0.25) is 0 Å². The zero-order valence-electron chi connectivity index (χ0n) is 11.2. The molecule has 0 aromatic rings. The first-order valence-corrected chi connectivity index (χ1v) is 6.34. The molecular formula is C13H29NO. The number of ether oxygens (including phenoxy) is 1. The maximum absolute atomic E-state index is 5.40. The standard InChI is InChI=1S/C13H29NO/c1-6-12(14-7-2)10-8-9-11-13(3,4)15-5/h12,14H,6-11H2,1-5H3. The highest BCUT2D eigenvalue weighted by Crippen LogP contribution is 2.18. The minimum absolute atomic E-state index is 0.0555. The number of methoxy groups -OCH3 is 1. The molecule has 0 rings (SSSR count). The van der Waals surface area contributed by atoms with E-state index in [9.17, 15) is 0 Å². The van der Waals surface area contributed by atoms with Crippen LogP contribution in [0.1, 0.15) is 59.8 Å². The minimum atomic E-state index is 0.0555. The van der Waals surface area contributed by atoms with Gasteiger partial charge in [-0.05, 0) is 39.7 Å². The van der Waals surface area contributed by atoms with E-state index >= 15 is 0 Å². The second-order valence-corrected chi connectivity index (χ2v) is 4.87. The van der Waals surface area contributed by atoms with Gasteiger partial charge in [0.1, 0.15) is 0 Å². The van der Waals surface area contributed by atoms with Gasteiger partial charge in [-0.25, -0.2) is 0 Å². The van der Waals surface area contributed by atoms with Crippen molar-refractivity contribution >= 4 is 0 Å². The Bertz CT molecular complexity index is 145. The van der Waals surface area contributed by atoms with Crippen molar-refractivity contribution in [1.82, 2.24) is 5.32 Å². The molecule has 0 bridgehead atoms. The van der Waals surface area contributed by atoms with Gasteiger partial charge in [-0.3, -0.25) is 0 Å². The normalized spacial score (nSPS) is 14.2. The lowest BCUT2D eigenvalue weighted by atomic mass is 9.98. The van der Waals surface area contributed by atoms with Crippen LogP contribution in [0.5, 0.6) is 0 Å². The van der Waals surface area contributed by atoms with E-state index in [0.29, 0.717) is 6.04 Å². The minimum Gasteiger partial charge on any atom is -0.379 e. The third-order valence-electron chi connectivity index (χ3n) is 3.12. The van der Waals surface area contributed by atoms with Gasteiger partial charge in [0.15, 0.2) is 0 Å². The predicted molar refractivity (Wildman–Crippen MR) is 67.3 cm³/mol. The van der Waals surface area contributed by atoms with Crippen molar-refractivity contribution in [3.8, 4) is 0 Å². The summed E-state index contributed by atoms with van der Waals surface area (Å²) in [6.07, 6.45) is 6.26. The summed E-state index contributed by atoms with van der Waals surface area (Å²) in [5.41, 5.74) is 0.0555. The summed E-state index contributed by atoms with van der Waals surface area (Å²) < 4.78 is 5.40. The lowest BCUT2D eigenvalue weighted by Crippen LogP contribution is -2.28. The van der Waals surface area contributed by atoms with E-state index in [0.717, 1.165) is 13.0 Å². The summed E-state index contributed by atoms with van der Waals surface area (Å²) in [5.74, 6) is 0. The molecule has 0 saturated heterocycles. The van der Waals surface area contributed by atoms with E-state index in [1.165, 1.54) is 25.7 Å². The van der Waals surface area contributed by atoms with Crippen molar-refractivity contribution in [3.05, 3.63) is 0 Å². The summed E-state index contributed by atoms with van der Waals surface area (Å²) >= 11 is 0. The van der Waals surface area contributed by atoms with Gasteiger partial charge in [0.05, 0.1) is 5.60 Å². The van der Waals surface area contributed by atoms with E-state index in [2.05, 4.69) is 33.0 Å². The summed E-state index contributed by atoms with van der Waals surface area (Å²) in [4.78, 5) is 0. The molecule has 0 aromatic heterocycles. The van der Waals surface area contributed by atoms with Crippen LogP contribution in [0.4, 0.5) is 0 Å². The third kappa shape index (κ3) is 7.80. The van der Waals surface area contributed by atoms with Gasteiger partial charge < -0.3 is 10.1 Å². The Morgan fingerprint density at radius 3 is 2.33 bits per heavy atom. The fourth-order valence-corrected chi connectivity index (χ4v) is 1.78. The largest absolute Gasteiger partial charge is 0.379 e. The van der Waals surface area contributed by atoms with Gasteiger partial charge >= 0.3 is 0 Å². The quantitative estimate of drug-likeness (QED) is 0.595. The van der Waals surface area contributed by atoms with Crippen LogP contribution in [0.15, 0.2) is 0 Å². The molecule has 0 fully saturated rings. The number of rotatable bonds is 9. The highest BCUT2D eigenvalue weighted by atomic mass is 16.5. The van der Waals surface area contributed by atoms with E-state index in [1.807, 2.05) is 0 Å². The predicted octanol–water partition coefficient (Wildman–Crippen LogP) is 3.36. The molecule has 0 aliphatic carbocycles. The van der Waals surface area contributed by atoms with Crippen molar-refractivity contribution in [3.63, 3.8) is 0 Å². The lowest BCUT2D eigenvalue weighted by Gasteiger charge is -2.23. The Labute approximate surface area is 95.8 Å². The summed E-state index contributed by atoms with van der Waals surface area (Å²) in [5, 5.41) is 3.51. The number of hydrogen-bond acceptors (Lipinski definition) is 2. The Morgan fingerprint density at radius 2 is 1.87 bits per heavy atom. The average molecular weight is 215 g/mol. The van der Waals surface area contributed by atoms with Crippen LogP contribution in [-0.4, -0.2) is 25.3 Å². The molecule has 2 heteroatoms. The summed E-state index contributed by atoms with van der Waals surface area (Å²) in [6, 6.07) is 0.709. The molecule has 1 atom stereocenters. The topological polar surface area (TPSA) is 21.3 Å². The smallest absolute Gasteiger partial charge is 0.0622 e. The van der Waals surface area contributed by atoms with Crippen molar-refractivity contribution < 1.29 is 4.74 Å². The van der Waals surface area contributed by atoms with Gasteiger partial charge in [0.2, 0.25) is 0 Å². The highest BCUT2D eigenvalue weighted by Gasteiger charge is 2.15. The molecule has 1 unspecified atom stereocenters. The van der Waals surface area contributed by atoms with Gasteiger partial charge in [0.25, 0.3) is 0 Å². The second kappa shape index (κ2) is 8.12. The van der Waals surface area contributed by atoms with Gasteiger partial charge in [-0.15, -0.1) is 0 Å². The van der Waals surface area contributed by atoms with Crippen LogP contribution in [0, 0.1) is 0 Å². The first-order chi connectivity index (χ1) is 7.05. The SMILES string of the molecule is CCNC(CC)CCCCC(C)(C)OC. The molecule has 0 spiro atoms. The van der Waals surface area contributed by atoms with Crippen molar-refractivity contribution in [1.29, 1.82) is 0 Å². The molecule has 0 aliphatic heterocycles. The fraction of sp³-hybridized carbons (Fsp3) is 1.00. The molecule has 0 aromatic carbocycles. The Morgan fingerprint density at radius 1 is 1.20 bits per heavy atom.